The smallest absolute Gasteiger partial charge is 0.158 e. The van der Waals surface area contributed by atoms with Crippen LogP contribution >= 0.6 is 0 Å². The molecule has 3 rings (SSSR count). The summed E-state index contributed by atoms with van der Waals surface area (Å²) < 4.78 is 0. The van der Waals surface area contributed by atoms with Gasteiger partial charge in [0.05, 0.1) is 12.4 Å². The topological polar surface area (TPSA) is 90.6 Å². The van der Waals surface area contributed by atoms with E-state index in [9.17, 15) is 0 Å². The molecule has 0 aromatic carbocycles. The quantitative estimate of drug-likeness (QED) is 0.918. The molecule has 0 aliphatic carbocycles. The van der Waals surface area contributed by atoms with Gasteiger partial charge in [-0.25, -0.2) is 19.9 Å². The standard InChI is InChI=1S/C14H15N7/c15-7-11-8-17-13(9-16-11)20-12-6-14(19-10-18-12)21-4-2-1-3-5-21/h6,8-10H,1-5H2,(H,17,18,19,20). The molecule has 3 heterocycles. The van der Waals surface area contributed by atoms with Crippen LogP contribution < -0.4 is 10.2 Å². The molecule has 1 aliphatic rings. The fraction of sp³-hybridized carbons (Fsp3) is 0.357. The van der Waals surface area contributed by atoms with Crippen molar-refractivity contribution in [2.24, 2.45) is 0 Å². The van der Waals surface area contributed by atoms with Gasteiger partial charge in [-0.3, -0.25) is 0 Å². The summed E-state index contributed by atoms with van der Waals surface area (Å²) in [4.78, 5) is 18.9. The molecule has 0 amide bonds. The highest BCUT2D eigenvalue weighted by atomic mass is 15.2. The third kappa shape index (κ3) is 3.23. The highest BCUT2D eigenvalue weighted by Crippen LogP contribution is 2.20. The van der Waals surface area contributed by atoms with E-state index >= 15 is 0 Å². The second-order valence-electron chi connectivity index (χ2n) is 4.83. The van der Waals surface area contributed by atoms with Gasteiger partial charge >= 0.3 is 0 Å². The summed E-state index contributed by atoms with van der Waals surface area (Å²) in [6, 6.07) is 3.84. The summed E-state index contributed by atoms with van der Waals surface area (Å²) in [5, 5.41) is 11.8. The number of nitrogens with one attached hydrogen (secondary N) is 1. The SMILES string of the molecule is N#Cc1cnc(Nc2cc(N3CCCCC3)ncn2)cn1. The molecule has 1 aliphatic heterocycles. The van der Waals surface area contributed by atoms with Crippen molar-refractivity contribution >= 4 is 17.5 Å². The Morgan fingerprint density at radius 3 is 2.57 bits per heavy atom. The van der Waals surface area contributed by atoms with Crippen molar-refractivity contribution in [3.8, 4) is 6.07 Å². The first-order valence-corrected chi connectivity index (χ1v) is 6.91. The lowest BCUT2D eigenvalue weighted by Crippen LogP contribution is -2.30. The second-order valence-corrected chi connectivity index (χ2v) is 4.83. The minimum Gasteiger partial charge on any atom is -0.356 e. The largest absolute Gasteiger partial charge is 0.356 e. The fourth-order valence-electron chi connectivity index (χ4n) is 2.29. The monoisotopic (exact) mass is 281 g/mol. The van der Waals surface area contributed by atoms with Crippen LogP contribution in [0.25, 0.3) is 0 Å². The predicted octanol–water partition coefficient (Wildman–Crippen LogP) is 1.87. The van der Waals surface area contributed by atoms with Crippen molar-refractivity contribution in [3.63, 3.8) is 0 Å². The molecule has 2 aromatic rings. The Morgan fingerprint density at radius 1 is 1.00 bits per heavy atom. The molecule has 1 N–H and O–H groups in total. The van der Waals surface area contributed by atoms with Crippen molar-refractivity contribution in [1.29, 1.82) is 5.26 Å². The Morgan fingerprint density at radius 2 is 1.86 bits per heavy atom. The van der Waals surface area contributed by atoms with Gasteiger partial charge < -0.3 is 10.2 Å². The Balaban J connectivity index is 1.74. The zero-order valence-electron chi connectivity index (χ0n) is 11.5. The van der Waals surface area contributed by atoms with Crippen LogP contribution in [0, 0.1) is 11.3 Å². The van der Waals surface area contributed by atoms with Crippen LogP contribution in [0.4, 0.5) is 17.5 Å². The van der Waals surface area contributed by atoms with Gasteiger partial charge in [0.25, 0.3) is 0 Å². The molecule has 7 nitrogen and oxygen atoms in total. The summed E-state index contributed by atoms with van der Waals surface area (Å²) in [7, 11) is 0. The van der Waals surface area contributed by atoms with Gasteiger partial charge in [-0.15, -0.1) is 0 Å². The lowest BCUT2D eigenvalue weighted by molar-refractivity contribution is 0.573. The van der Waals surface area contributed by atoms with Crippen LogP contribution in [-0.2, 0) is 0 Å². The minimum atomic E-state index is 0.289. The van der Waals surface area contributed by atoms with Crippen molar-refractivity contribution in [3.05, 3.63) is 30.5 Å². The molecule has 0 saturated carbocycles. The third-order valence-electron chi connectivity index (χ3n) is 3.36. The van der Waals surface area contributed by atoms with Crippen molar-refractivity contribution in [2.75, 3.05) is 23.3 Å². The normalized spacial score (nSPS) is 14.5. The first-order valence-electron chi connectivity index (χ1n) is 6.91. The summed E-state index contributed by atoms with van der Waals surface area (Å²) in [5.74, 6) is 2.15. The maximum atomic E-state index is 8.70. The highest BCUT2D eigenvalue weighted by Gasteiger charge is 2.12. The van der Waals surface area contributed by atoms with E-state index in [2.05, 4.69) is 30.2 Å². The molecule has 106 valence electrons. The molecule has 7 heteroatoms. The highest BCUT2D eigenvalue weighted by molar-refractivity contribution is 5.55. The Labute approximate surface area is 122 Å². The average molecular weight is 281 g/mol. The number of nitrogens with zero attached hydrogens (tertiary/aromatic N) is 6. The van der Waals surface area contributed by atoms with Gasteiger partial charge in [0, 0.05) is 19.2 Å². The van der Waals surface area contributed by atoms with E-state index in [1.807, 2.05) is 12.1 Å². The van der Waals surface area contributed by atoms with Gasteiger partial charge in [-0.1, -0.05) is 0 Å². The van der Waals surface area contributed by atoms with E-state index in [4.69, 9.17) is 5.26 Å². The van der Waals surface area contributed by atoms with E-state index < -0.39 is 0 Å². The zero-order chi connectivity index (χ0) is 14.5. The lowest BCUT2D eigenvalue weighted by atomic mass is 10.1. The summed E-state index contributed by atoms with van der Waals surface area (Å²) >= 11 is 0. The molecule has 1 saturated heterocycles. The number of rotatable bonds is 3. The Hall–Kier alpha value is -2.75. The number of aromatic nitrogens is 4. The third-order valence-corrected chi connectivity index (χ3v) is 3.36. The number of hydrogen-bond donors (Lipinski definition) is 1. The fourth-order valence-corrected chi connectivity index (χ4v) is 2.29. The second kappa shape index (κ2) is 6.13. The van der Waals surface area contributed by atoms with E-state index in [1.54, 1.807) is 6.33 Å². The first-order chi connectivity index (χ1) is 10.3. The van der Waals surface area contributed by atoms with Crippen LogP contribution in [0.15, 0.2) is 24.8 Å². The molecular weight excluding hydrogens is 266 g/mol. The number of piperidine rings is 1. The van der Waals surface area contributed by atoms with Gasteiger partial charge in [0.2, 0.25) is 0 Å². The van der Waals surface area contributed by atoms with Crippen LogP contribution in [0.5, 0.6) is 0 Å². The van der Waals surface area contributed by atoms with Crippen LogP contribution in [0.2, 0.25) is 0 Å². The van der Waals surface area contributed by atoms with Crippen molar-refractivity contribution in [2.45, 2.75) is 19.3 Å². The maximum Gasteiger partial charge on any atom is 0.158 e. The molecular formula is C14H15N7. The van der Waals surface area contributed by atoms with Crippen LogP contribution in [0.1, 0.15) is 25.0 Å². The molecule has 0 spiro atoms. The molecule has 1 fully saturated rings. The molecule has 0 atom stereocenters. The summed E-state index contributed by atoms with van der Waals surface area (Å²) in [5.41, 5.74) is 0.289. The lowest BCUT2D eigenvalue weighted by Gasteiger charge is -2.27. The van der Waals surface area contributed by atoms with Crippen LogP contribution in [0.3, 0.4) is 0 Å². The number of nitriles is 1. The number of anilines is 3. The van der Waals surface area contributed by atoms with E-state index in [0.717, 1.165) is 18.9 Å². The van der Waals surface area contributed by atoms with Crippen LogP contribution in [-0.4, -0.2) is 33.0 Å². The van der Waals surface area contributed by atoms with Gasteiger partial charge in [0.15, 0.2) is 5.69 Å². The maximum absolute atomic E-state index is 8.70. The van der Waals surface area contributed by atoms with Crippen molar-refractivity contribution < 1.29 is 0 Å². The Bertz CT molecular complexity index is 641. The molecule has 2 aromatic heterocycles. The van der Waals surface area contributed by atoms with Gasteiger partial charge in [-0.2, -0.15) is 5.26 Å². The van der Waals surface area contributed by atoms with E-state index in [1.165, 1.54) is 31.7 Å². The molecule has 0 radical (unpaired) electrons. The van der Waals surface area contributed by atoms with E-state index in [-0.39, 0.29) is 5.69 Å². The van der Waals surface area contributed by atoms with E-state index in [0.29, 0.717) is 11.6 Å². The van der Waals surface area contributed by atoms with Gasteiger partial charge in [0.1, 0.15) is 29.9 Å². The molecule has 21 heavy (non-hydrogen) atoms. The predicted molar refractivity (Wildman–Crippen MR) is 78.1 cm³/mol. The number of hydrogen-bond acceptors (Lipinski definition) is 7. The molecule has 0 bridgehead atoms. The molecule has 0 unspecified atom stereocenters. The van der Waals surface area contributed by atoms with Gasteiger partial charge in [-0.05, 0) is 19.3 Å². The first kappa shape index (κ1) is 13.2. The zero-order valence-corrected chi connectivity index (χ0v) is 11.5. The summed E-state index contributed by atoms with van der Waals surface area (Å²) in [6.45, 7) is 2.07. The minimum absolute atomic E-state index is 0.289. The Kier molecular flexibility index (Phi) is 3.87. The summed E-state index contributed by atoms with van der Waals surface area (Å²) in [6.07, 6.45) is 8.18. The average Bonchev–Trinajstić information content (AvgIpc) is 2.57. The van der Waals surface area contributed by atoms with Crippen molar-refractivity contribution in [1.82, 2.24) is 19.9 Å².